The number of hydrogen-bond donors (Lipinski definition) is 1. The molecule has 208 valence electrons. The van der Waals surface area contributed by atoms with Gasteiger partial charge in [0.2, 0.25) is 5.82 Å². The number of aryl methyl sites for hydroxylation is 1. The maximum atomic E-state index is 13.7. The molecular weight excluding hydrogens is 505 g/mol. The Bertz CT molecular complexity index is 1340. The van der Waals surface area contributed by atoms with Gasteiger partial charge in [-0.1, -0.05) is 6.07 Å². The molecule has 2 aromatic heterocycles. The van der Waals surface area contributed by atoms with Crippen molar-refractivity contribution in [3.05, 3.63) is 53.1 Å². The van der Waals surface area contributed by atoms with Gasteiger partial charge in [-0.25, -0.2) is 14.2 Å². The van der Waals surface area contributed by atoms with Crippen molar-refractivity contribution in [2.45, 2.75) is 59.2 Å². The molecule has 0 unspecified atom stereocenters. The third-order valence-electron chi connectivity index (χ3n) is 6.16. The molecule has 0 bridgehead atoms. The summed E-state index contributed by atoms with van der Waals surface area (Å²) in [5.74, 6) is -0.212. The number of amides is 2. The second kappa shape index (κ2) is 11.7. The third kappa shape index (κ3) is 7.49. The van der Waals surface area contributed by atoms with E-state index in [-0.39, 0.29) is 35.9 Å². The Balaban J connectivity index is 1.40. The normalized spacial score (nSPS) is 15.6. The number of aromatic nitrogens is 5. The van der Waals surface area contributed by atoms with Crippen molar-refractivity contribution in [2.24, 2.45) is 5.92 Å². The second-order valence-corrected chi connectivity index (χ2v) is 10.6. The van der Waals surface area contributed by atoms with Crippen LogP contribution in [0.1, 0.15) is 55.4 Å². The Morgan fingerprint density at radius 1 is 1.21 bits per heavy atom. The average Bonchev–Trinajstić information content (AvgIpc) is 3.35. The molecule has 3 aromatic rings. The molecule has 0 saturated carbocycles. The molecule has 1 saturated heterocycles. The van der Waals surface area contributed by atoms with Crippen LogP contribution in [0.25, 0.3) is 11.4 Å². The third-order valence-corrected chi connectivity index (χ3v) is 6.16. The van der Waals surface area contributed by atoms with Gasteiger partial charge >= 0.3 is 6.09 Å². The number of ether oxygens (including phenoxy) is 2. The minimum atomic E-state index is -0.542. The number of carbonyl (C=O) groups excluding carboxylic acids is 2. The summed E-state index contributed by atoms with van der Waals surface area (Å²) in [6.07, 6.45) is 1.50. The van der Waals surface area contributed by atoms with Crippen LogP contribution in [0.15, 0.2) is 30.3 Å². The average molecular weight is 540 g/mol. The van der Waals surface area contributed by atoms with Gasteiger partial charge in [0.25, 0.3) is 5.91 Å². The van der Waals surface area contributed by atoms with Gasteiger partial charge < -0.3 is 19.7 Å². The van der Waals surface area contributed by atoms with Crippen LogP contribution in [-0.4, -0.2) is 67.9 Å². The van der Waals surface area contributed by atoms with Crippen molar-refractivity contribution in [1.82, 2.24) is 35.4 Å². The molecule has 11 nitrogen and oxygen atoms in total. The molecule has 12 heteroatoms. The predicted octanol–water partition coefficient (Wildman–Crippen LogP) is 3.77. The lowest BCUT2D eigenvalue weighted by Gasteiger charge is -2.33. The minimum absolute atomic E-state index is 0.109. The Labute approximate surface area is 226 Å². The lowest BCUT2D eigenvalue weighted by Crippen LogP contribution is -2.43. The Morgan fingerprint density at radius 2 is 2.00 bits per heavy atom. The zero-order valence-corrected chi connectivity index (χ0v) is 22.9. The number of carbonyl (C=O) groups is 2. The van der Waals surface area contributed by atoms with E-state index in [2.05, 4.69) is 25.7 Å². The molecule has 1 aliphatic rings. The monoisotopic (exact) mass is 539 g/mol. The van der Waals surface area contributed by atoms with Crippen molar-refractivity contribution >= 4 is 12.0 Å². The van der Waals surface area contributed by atoms with E-state index < -0.39 is 11.4 Å². The van der Waals surface area contributed by atoms with E-state index in [4.69, 9.17) is 9.47 Å². The topological polar surface area (TPSA) is 124 Å². The summed E-state index contributed by atoms with van der Waals surface area (Å²) in [4.78, 5) is 32.9. The molecule has 1 aliphatic heterocycles. The van der Waals surface area contributed by atoms with Crippen LogP contribution in [0.5, 0.6) is 5.75 Å². The quantitative estimate of drug-likeness (QED) is 0.481. The van der Waals surface area contributed by atoms with E-state index in [1.165, 1.54) is 24.0 Å². The maximum absolute atomic E-state index is 13.7. The summed E-state index contributed by atoms with van der Waals surface area (Å²) >= 11 is 0. The van der Waals surface area contributed by atoms with E-state index >= 15 is 0 Å². The van der Waals surface area contributed by atoms with Gasteiger partial charge in [0.15, 0.2) is 11.6 Å². The van der Waals surface area contributed by atoms with Gasteiger partial charge in [0.1, 0.15) is 11.3 Å². The molecule has 0 aliphatic carbocycles. The number of benzene rings is 1. The molecular formula is C27H34FN7O4. The number of methoxy groups -OCH3 is 1. The summed E-state index contributed by atoms with van der Waals surface area (Å²) < 4.78 is 24.2. The summed E-state index contributed by atoms with van der Waals surface area (Å²) in [7, 11) is 1.39. The molecule has 3 heterocycles. The van der Waals surface area contributed by atoms with E-state index in [0.717, 1.165) is 12.8 Å². The molecule has 0 radical (unpaired) electrons. The van der Waals surface area contributed by atoms with Crippen LogP contribution in [0.3, 0.4) is 0 Å². The zero-order valence-electron chi connectivity index (χ0n) is 22.9. The molecule has 1 N–H and O–H groups in total. The van der Waals surface area contributed by atoms with Crippen molar-refractivity contribution in [3.63, 3.8) is 0 Å². The van der Waals surface area contributed by atoms with Gasteiger partial charge in [0.05, 0.1) is 13.7 Å². The van der Waals surface area contributed by atoms with E-state index in [1.54, 1.807) is 30.0 Å². The maximum Gasteiger partial charge on any atom is 0.410 e. The Kier molecular flexibility index (Phi) is 8.41. The highest BCUT2D eigenvalue weighted by Gasteiger charge is 2.28. The van der Waals surface area contributed by atoms with Crippen molar-refractivity contribution in [1.29, 1.82) is 0 Å². The first-order valence-corrected chi connectivity index (χ1v) is 12.9. The summed E-state index contributed by atoms with van der Waals surface area (Å²) in [5.41, 5.74) is 1.58. The standard InChI is InChI=1S/C27H34FN7O4/c1-17-11-20(13-22(30-17)25(36)29-14-18-8-9-21(28)23(12-18)38-5)24-31-33-35(32-24)16-19-7-6-10-34(15-19)26(37)39-27(2,3)4/h8-9,11-13,19H,6-7,10,14-16H2,1-5H3,(H,29,36)/t19-/m0/s1. The molecule has 0 spiro atoms. The van der Waals surface area contributed by atoms with Gasteiger partial charge in [-0.05, 0) is 81.5 Å². The van der Waals surface area contributed by atoms with Crippen LogP contribution < -0.4 is 10.1 Å². The number of nitrogens with one attached hydrogen (secondary N) is 1. The fourth-order valence-corrected chi connectivity index (χ4v) is 4.37. The fourth-order valence-electron chi connectivity index (χ4n) is 4.37. The van der Waals surface area contributed by atoms with Gasteiger partial charge in [-0.15, -0.1) is 10.2 Å². The first-order chi connectivity index (χ1) is 18.5. The van der Waals surface area contributed by atoms with Crippen LogP contribution >= 0.6 is 0 Å². The lowest BCUT2D eigenvalue weighted by atomic mass is 9.98. The Morgan fingerprint density at radius 3 is 2.74 bits per heavy atom. The van der Waals surface area contributed by atoms with Crippen LogP contribution in [0.4, 0.5) is 9.18 Å². The van der Waals surface area contributed by atoms with E-state index in [0.29, 0.717) is 42.3 Å². The summed E-state index contributed by atoms with van der Waals surface area (Å²) in [5, 5.41) is 15.7. The number of pyridine rings is 1. The SMILES string of the molecule is COc1cc(CNC(=O)c2cc(-c3nnn(C[C@H]4CCCN(C(=O)OC(C)(C)C)C4)n3)cc(C)n2)ccc1F. The van der Waals surface area contributed by atoms with Gasteiger partial charge in [-0.3, -0.25) is 4.79 Å². The smallest absolute Gasteiger partial charge is 0.410 e. The largest absolute Gasteiger partial charge is 0.494 e. The highest BCUT2D eigenvalue weighted by Crippen LogP contribution is 2.22. The second-order valence-electron chi connectivity index (χ2n) is 10.6. The molecule has 2 amide bonds. The predicted molar refractivity (Wildman–Crippen MR) is 140 cm³/mol. The molecule has 39 heavy (non-hydrogen) atoms. The molecule has 1 atom stereocenters. The first kappa shape index (κ1) is 27.9. The van der Waals surface area contributed by atoms with Gasteiger partial charge in [-0.2, -0.15) is 4.80 Å². The number of piperidine rings is 1. The van der Waals surface area contributed by atoms with Crippen molar-refractivity contribution < 1.29 is 23.5 Å². The van der Waals surface area contributed by atoms with Crippen LogP contribution in [0, 0.1) is 18.7 Å². The van der Waals surface area contributed by atoms with Crippen molar-refractivity contribution in [3.8, 4) is 17.1 Å². The zero-order chi connectivity index (χ0) is 28.2. The molecule has 1 fully saturated rings. The fraction of sp³-hybridized carbons (Fsp3) is 0.481. The van der Waals surface area contributed by atoms with Crippen LogP contribution in [0.2, 0.25) is 0 Å². The number of tetrazole rings is 1. The van der Waals surface area contributed by atoms with Crippen molar-refractivity contribution in [2.75, 3.05) is 20.2 Å². The number of nitrogens with zero attached hydrogens (tertiary/aromatic N) is 6. The Hall–Kier alpha value is -4.09. The molecule has 4 rings (SSSR count). The number of rotatable bonds is 7. The first-order valence-electron chi connectivity index (χ1n) is 12.9. The highest BCUT2D eigenvalue weighted by atomic mass is 19.1. The van der Waals surface area contributed by atoms with E-state index in [1.807, 2.05) is 20.8 Å². The van der Waals surface area contributed by atoms with E-state index in [9.17, 15) is 14.0 Å². The number of halogens is 1. The number of likely N-dealkylation sites (tertiary alicyclic amines) is 1. The molecule has 1 aromatic carbocycles. The lowest BCUT2D eigenvalue weighted by molar-refractivity contribution is 0.0152. The summed E-state index contributed by atoms with van der Waals surface area (Å²) in [6, 6.07) is 7.80. The minimum Gasteiger partial charge on any atom is -0.494 e. The number of hydrogen-bond acceptors (Lipinski definition) is 8. The van der Waals surface area contributed by atoms with Crippen LogP contribution in [-0.2, 0) is 17.8 Å². The summed E-state index contributed by atoms with van der Waals surface area (Å²) in [6.45, 7) is 9.25. The van der Waals surface area contributed by atoms with Gasteiger partial charge in [0, 0.05) is 30.9 Å². The highest BCUT2D eigenvalue weighted by molar-refractivity contribution is 5.93.